The molecule has 1 saturated heterocycles. The van der Waals surface area contributed by atoms with Crippen molar-refractivity contribution in [1.29, 1.82) is 0 Å². The molecule has 0 bridgehead atoms. The number of ether oxygens (including phenoxy) is 1. The molecule has 214 valence electrons. The van der Waals surface area contributed by atoms with Crippen molar-refractivity contribution < 1.29 is 32.6 Å². The first-order valence-electron chi connectivity index (χ1n) is 12.3. The minimum atomic E-state index is -4.78. The molecular formula is C27H24ClN3O9S. The molecule has 1 aliphatic heterocycles. The van der Waals surface area contributed by atoms with Gasteiger partial charge < -0.3 is 4.74 Å². The van der Waals surface area contributed by atoms with E-state index in [0.717, 1.165) is 12.1 Å². The van der Waals surface area contributed by atoms with E-state index in [0.29, 0.717) is 5.02 Å². The quantitative estimate of drug-likeness (QED) is 0.155. The average molecular weight is 602 g/mol. The first kappa shape index (κ1) is 29.8. The summed E-state index contributed by atoms with van der Waals surface area (Å²) in [7, 11) is -3.32. The number of benzene rings is 3. The van der Waals surface area contributed by atoms with Gasteiger partial charge in [-0.1, -0.05) is 35.9 Å². The standard InChI is InChI=1S/C27H24ClN3O9S/c1-3-40-27(33)26-23(18-7-5-9-21(15-18)31(36)37)29(2)22(17-6-4-8-20(14-17)30(34)35)25(41(26,38)39)24(32)16-10-12-19(28)13-11-16/h4-15,22-23,25-26H,3H2,1-2H3/t22-,23+,25+,26-/m1/s1. The molecule has 3 aromatic carbocycles. The van der Waals surface area contributed by atoms with Crippen LogP contribution in [-0.4, -0.2) is 59.1 Å². The number of non-ortho nitro benzene ring substituents is 2. The number of hydrogen-bond acceptors (Lipinski definition) is 10. The molecule has 0 N–H and O–H groups in total. The van der Waals surface area contributed by atoms with Gasteiger partial charge in [0.25, 0.3) is 11.4 Å². The number of nitrogens with zero attached hydrogens (tertiary/aromatic N) is 3. The van der Waals surface area contributed by atoms with Crippen molar-refractivity contribution in [2.45, 2.75) is 29.5 Å². The highest BCUT2D eigenvalue weighted by Gasteiger charge is 2.59. The minimum Gasteiger partial charge on any atom is -0.465 e. The second-order valence-electron chi connectivity index (χ2n) is 9.31. The van der Waals surface area contributed by atoms with Crippen LogP contribution in [0, 0.1) is 20.2 Å². The Morgan fingerprint density at radius 1 is 0.878 bits per heavy atom. The fraction of sp³-hybridized carbons (Fsp3) is 0.259. The maximum absolute atomic E-state index is 14.4. The van der Waals surface area contributed by atoms with Crippen molar-refractivity contribution in [3.63, 3.8) is 0 Å². The van der Waals surface area contributed by atoms with E-state index in [9.17, 15) is 38.2 Å². The minimum absolute atomic E-state index is 0.0109. The van der Waals surface area contributed by atoms with E-state index in [-0.39, 0.29) is 34.7 Å². The van der Waals surface area contributed by atoms with Crippen LogP contribution in [0.4, 0.5) is 11.4 Å². The first-order chi connectivity index (χ1) is 19.4. The monoisotopic (exact) mass is 601 g/mol. The van der Waals surface area contributed by atoms with Crippen LogP contribution < -0.4 is 0 Å². The van der Waals surface area contributed by atoms with Crippen LogP contribution in [0.25, 0.3) is 0 Å². The van der Waals surface area contributed by atoms with Crippen molar-refractivity contribution in [3.05, 3.63) is 115 Å². The van der Waals surface area contributed by atoms with E-state index < -0.39 is 54.0 Å². The molecule has 0 spiro atoms. The van der Waals surface area contributed by atoms with Crippen LogP contribution >= 0.6 is 11.6 Å². The normalized spacial score (nSPS) is 22.0. The van der Waals surface area contributed by atoms with Gasteiger partial charge in [-0.05, 0) is 49.4 Å². The Balaban J connectivity index is 2.01. The Hall–Kier alpha value is -4.20. The number of Topliss-reactive ketones (excluding diaryl/α,β-unsaturated/α-hetero) is 1. The van der Waals surface area contributed by atoms with Crippen LogP contribution in [0.5, 0.6) is 0 Å². The van der Waals surface area contributed by atoms with Gasteiger partial charge in [0.05, 0.1) is 28.5 Å². The third-order valence-electron chi connectivity index (χ3n) is 6.91. The highest BCUT2D eigenvalue weighted by molar-refractivity contribution is 7.94. The Morgan fingerprint density at radius 3 is 1.83 bits per heavy atom. The van der Waals surface area contributed by atoms with Gasteiger partial charge in [0.1, 0.15) is 5.25 Å². The van der Waals surface area contributed by atoms with Crippen LogP contribution in [0.15, 0.2) is 72.8 Å². The van der Waals surface area contributed by atoms with Crippen LogP contribution in [-0.2, 0) is 19.4 Å². The number of nitro benzene ring substituents is 2. The molecule has 0 radical (unpaired) electrons. The number of esters is 1. The summed E-state index contributed by atoms with van der Waals surface area (Å²) in [6.45, 7) is 1.32. The number of carbonyl (C=O) groups is 2. The Kier molecular flexibility index (Phi) is 8.52. The lowest BCUT2D eigenvalue weighted by molar-refractivity contribution is -0.385. The zero-order chi connectivity index (χ0) is 30.1. The fourth-order valence-electron chi connectivity index (χ4n) is 5.14. The van der Waals surface area contributed by atoms with Gasteiger partial charge in [0.15, 0.2) is 20.9 Å². The number of hydrogen-bond donors (Lipinski definition) is 0. The number of nitro groups is 2. The van der Waals surface area contributed by atoms with Crippen molar-refractivity contribution in [1.82, 2.24) is 4.90 Å². The lowest BCUT2D eigenvalue weighted by atomic mass is 9.91. The number of rotatable bonds is 8. The van der Waals surface area contributed by atoms with E-state index >= 15 is 0 Å². The van der Waals surface area contributed by atoms with Crippen LogP contribution in [0.2, 0.25) is 5.02 Å². The summed E-state index contributed by atoms with van der Waals surface area (Å²) in [5.74, 6) is -2.00. The molecule has 0 aliphatic carbocycles. The van der Waals surface area contributed by atoms with E-state index in [1.165, 1.54) is 79.5 Å². The van der Waals surface area contributed by atoms with Crippen LogP contribution in [0.1, 0.15) is 40.5 Å². The number of halogens is 1. The summed E-state index contributed by atoms with van der Waals surface area (Å²) in [4.78, 5) is 50.5. The SMILES string of the molecule is CCOC(=O)[C@H]1[C@H](c2cccc([N+](=O)[O-])c2)N(C)[C@H](c2cccc([N+](=O)[O-])c2)[C@@H](C(=O)c2ccc(Cl)cc2)S1(=O)=O. The van der Waals surface area contributed by atoms with Gasteiger partial charge >= 0.3 is 5.97 Å². The summed E-state index contributed by atoms with van der Waals surface area (Å²) in [6, 6.07) is 13.1. The average Bonchev–Trinajstić information content (AvgIpc) is 2.93. The van der Waals surface area contributed by atoms with Gasteiger partial charge in [-0.25, -0.2) is 8.42 Å². The maximum atomic E-state index is 14.4. The second kappa shape index (κ2) is 11.7. The highest BCUT2D eigenvalue weighted by Crippen LogP contribution is 2.47. The molecule has 1 fully saturated rings. The summed E-state index contributed by atoms with van der Waals surface area (Å²) in [5, 5.41) is 19.6. The molecule has 0 unspecified atom stereocenters. The summed E-state index contributed by atoms with van der Waals surface area (Å²) < 4.78 is 34.0. The van der Waals surface area contributed by atoms with Gasteiger partial charge in [-0.3, -0.25) is 34.7 Å². The van der Waals surface area contributed by atoms with E-state index in [1.54, 1.807) is 0 Å². The number of ketones is 1. The zero-order valence-corrected chi connectivity index (χ0v) is 23.3. The predicted molar refractivity (Wildman–Crippen MR) is 148 cm³/mol. The van der Waals surface area contributed by atoms with Crippen molar-refractivity contribution in [3.8, 4) is 0 Å². The van der Waals surface area contributed by atoms with E-state index in [1.807, 2.05) is 0 Å². The molecule has 1 heterocycles. The third kappa shape index (κ3) is 5.69. The highest BCUT2D eigenvalue weighted by atomic mass is 35.5. The molecule has 4 rings (SSSR count). The molecule has 3 aromatic rings. The predicted octanol–water partition coefficient (Wildman–Crippen LogP) is 4.48. The lowest BCUT2D eigenvalue weighted by Crippen LogP contribution is -2.59. The topological polar surface area (TPSA) is 167 Å². The molecule has 0 amide bonds. The summed E-state index contributed by atoms with van der Waals surface area (Å²) >= 11 is 5.96. The van der Waals surface area contributed by atoms with Crippen molar-refractivity contribution in [2.75, 3.05) is 13.7 Å². The Morgan fingerprint density at radius 2 is 1.37 bits per heavy atom. The van der Waals surface area contributed by atoms with Gasteiger partial charge in [-0.15, -0.1) is 0 Å². The molecule has 0 saturated carbocycles. The third-order valence-corrected chi connectivity index (χ3v) is 9.50. The molecular weight excluding hydrogens is 578 g/mol. The zero-order valence-electron chi connectivity index (χ0n) is 21.7. The van der Waals surface area contributed by atoms with Crippen molar-refractivity contribution in [2.24, 2.45) is 0 Å². The fourth-order valence-corrected chi connectivity index (χ4v) is 7.77. The summed E-state index contributed by atoms with van der Waals surface area (Å²) in [6.07, 6.45) is 0. The molecule has 1 aliphatic rings. The maximum Gasteiger partial charge on any atom is 0.326 e. The second-order valence-corrected chi connectivity index (χ2v) is 11.9. The number of sulfone groups is 1. The molecule has 14 heteroatoms. The molecule has 4 atom stereocenters. The van der Waals surface area contributed by atoms with Crippen LogP contribution in [0.3, 0.4) is 0 Å². The van der Waals surface area contributed by atoms with Crippen molar-refractivity contribution >= 4 is 44.6 Å². The van der Waals surface area contributed by atoms with E-state index in [4.69, 9.17) is 16.3 Å². The van der Waals surface area contributed by atoms with Gasteiger partial charge in [0.2, 0.25) is 0 Å². The smallest absolute Gasteiger partial charge is 0.326 e. The Labute approximate surface area is 239 Å². The largest absolute Gasteiger partial charge is 0.465 e. The van der Waals surface area contributed by atoms with Gasteiger partial charge in [-0.2, -0.15) is 0 Å². The summed E-state index contributed by atoms with van der Waals surface area (Å²) in [5.41, 5.74) is -0.470. The molecule has 0 aromatic heterocycles. The Bertz CT molecular complexity index is 1630. The first-order valence-corrected chi connectivity index (χ1v) is 14.3. The number of carbonyl (C=O) groups excluding carboxylic acids is 2. The molecule has 41 heavy (non-hydrogen) atoms. The lowest BCUT2D eigenvalue weighted by Gasteiger charge is -2.46. The molecule has 12 nitrogen and oxygen atoms in total. The van der Waals surface area contributed by atoms with Gasteiger partial charge in [0, 0.05) is 34.9 Å². The van der Waals surface area contributed by atoms with E-state index in [2.05, 4.69) is 0 Å².